The van der Waals surface area contributed by atoms with E-state index in [2.05, 4.69) is 13.0 Å². The maximum Gasteiger partial charge on any atom is 0.122 e. The third-order valence-electron chi connectivity index (χ3n) is 2.73. The SMILES string of the molecule is Cc1ccc2c(c1CC(C)O)CCO2. The van der Waals surface area contributed by atoms with Gasteiger partial charge in [-0.3, -0.25) is 0 Å². The molecule has 1 unspecified atom stereocenters. The van der Waals surface area contributed by atoms with Crippen LogP contribution >= 0.6 is 0 Å². The van der Waals surface area contributed by atoms with Gasteiger partial charge in [0.15, 0.2) is 0 Å². The van der Waals surface area contributed by atoms with Crippen molar-refractivity contribution in [1.82, 2.24) is 0 Å². The van der Waals surface area contributed by atoms with Gasteiger partial charge in [-0.2, -0.15) is 0 Å². The van der Waals surface area contributed by atoms with Gasteiger partial charge < -0.3 is 9.84 Å². The van der Waals surface area contributed by atoms with Gasteiger partial charge >= 0.3 is 0 Å². The molecule has 1 N–H and O–H groups in total. The summed E-state index contributed by atoms with van der Waals surface area (Å²) in [5, 5.41) is 9.42. The normalized spacial score (nSPS) is 16.2. The number of fused-ring (bicyclic) bond motifs is 1. The monoisotopic (exact) mass is 192 g/mol. The molecule has 1 aromatic rings. The van der Waals surface area contributed by atoms with Crippen LogP contribution in [0, 0.1) is 6.92 Å². The Kier molecular flexibility index (Phi) is 2.46. The molecule has 0 saturated heterocycles. The van der Waals surface area contributed by atoms with E-state index >= 15 is 0 Å². The third kappa shape index (κ3) is 1.62. The van der Waals surface area contributed by atoms with Crippen molar-refractivity contribution < 1.29 is 9.84 Å². The van der Waals surface area contributed by atoms with Gasteiger partial charge in [-0.15, -0.1) is 0 Å². The van der Waals surface area contributed by atoms with Crippen LogP contribution in [0.4, 0.5) is 0 Å². The molecule has 1 aliphatic rings. The second-order valence-corrected chi connectivity index (χ2v) is 3.99. The minimum Gasteiger partial charge on any atom is -0.493 e. The van der Waals surface area contributed by atoms with Crippen molar-refractivity contribution in [3.8, 4) is 5.75 Å². The van der Waals surface area contributed by atoms with E-state index in [0.717, 1.165) is 25.2 Å². The minimum atomic E-state index is -0.277. The van der Waals surface area contributed by atoms with E-state index in [1.54, 1.807) is 0 Å². The second kappa shape index (κ2) is 3.62. The van der Waals surface area contributed by atoms with Gasteiger partial charge in [0.2, 0.25) is 0 Å². The van der Waals surface area contributed by atoms with Crippen LogP contribution in [0.25, 0.3) is 0 Å². The van der Waals surface area contributed by atoms with Crippen molar-refractivity contribution in [3.63, 3.8) is 0 Å². The highest BCUT2D eigenvalue weighted by molar-refractivity contribution is 5.47. The van der Waals surface area contributed by atoms with Crippen LogP contribution in [0.3, 0.4) is 0 Å². The second-order valence-electron chi connectivity index (χ2n) is 3.99. The molecule has 2 heteroatoms. The first kappa shape index (κ1) is 9.53. The van der Waals surface area contributed by atoms with Crippen molar-refractivity contribution in [3.05, 3.63) is 28.8 Å². The van der Waals surface area contributed by atoms with Gasteiger partial charge in [0, 0.05) is 12.0 Å². The minimum absolute atomic E-state index is 0.277. The summed E-state index contributed by atoms with van der Waals surface area (Å²) >= 11 is 0. The molecule has 1 aliphatic heterocycles. The van der Waals surface area contributed by atoms with E-state index in [4.69, 9.17) is 4.74 Å². The van der Waals surface area contributed by atoms with Gasteiger partial charge in [-0.05, 0) is 37.5 Å². The van der Waals surface area contributed by atoms with Crippen LogP contribution in [0.15, 0.2) is 12.1 Å². The van der Waals surface area contributed by atoms with Crippen LogP contribution in [-0.4, -0.2) is 17.8 Å². The van der Waals surface area contributed by atoms with Crippen LogP contribution in [0.5, 0.6) is 5.75 Å². The molecule has 14 heavy (non-hydrogen) atoms. The van der Waals surface area contributed by atoms with E-state index in [1.165, 1.54) is 16.7 Å². The fraction of sp³-hybridized carbons (Fsp3) is 0.500. The predicted molar refractivity (Wildman–Crippen MR) is 55.8 cm³/mol. The van der Waals surface area contributed by atoms with Gasteiger partial charge in [0.25, 0.3) is 0 Å². The Balaban J connectivity index is 2.41. The molecular formula is C12H16O2. The molecular weight excluding hydrogens is 176 g/mol. The lowest BCUT2D eigenvalue weighted by Crippen LogP contribution is -2.07. The molecule has 1 aromatic carbocycles. The molecule has 0 fully saturated rings. The Morgan fingerprint density at radius 3 is 3.00 bits per heavy atom. The van der Waals surface area contributed by atoms with E-state index in [1.807, 2.05) is 13.0 Å². The lowest BCUT2D eigenvalue weighted by atomic mass is 9.95. The smallest absolute Gasteiger partial charge is 0.122 e. The molecule has 2 rings (SSSR count). The summed E-state index contributed by atoms with van der Waals surface area (Å²) in [6, 6.07) is 4.10. The summed E-state index contributed by atoms with van der Waals surface area (Å²) in [5.41, 5.74) is 3.83. The molecule has 1 heterocycles. The highest BCUT2D eigenvalue weighted by Crippen LogP contribution is 2.31. The summed E-state index contributed by atoms with van der Waals surface area (Å²) in [4.78, 5) is 0. The molecule has 0 aromatic heterocycles. The molecule has 0 amide bonds. The number of rotatable bonds is 2. The molecule has 2 nitrogen and oxygen atoms in total. The first-order valence-corrected chi connectivity index (χ1v) is 5.10. The van der Waals surface area contributed by atoms with Crippen LogP contribution in [0.1, 0.15) is 23.6 Å². The number of hydrogen-bond donors (Lipinski definition) is 1. The summed E-state index contributed by atoms with van der Waals surface area (Å²) in [5.74, 6) is 1.01. The van der Waals surface area contributed by atoms with E-state index < -0.39 is 0 Å². The van der Waals surface area contributed by atoms with Crippen molar-refractivity contribution in [2.45, 2.75) is 32.8 Å². The zero-order valence-electron chi connectivity index (χ0n) is 8.71. The first-order valence-electron chi connectivity index (χ1n) is 5.10. The number of hydrogen-bond acceptors (Lipinski definition) is 2. The molecule has 0 spiro atoms. The highest BCUT2D eigenvalue weighted by atomic mass is 16.5. The maximum atomic E-state index is 9.42. The van der Waals surface area contributed by atoms with Crippen molar-refractivity contribution in [2.75, 3.05) is 6.61 Å². The standard InChI is InChI=1S/C12H16O2/c1-8-3-4-12-10(5-6-14-12)11(8)7-9(2)13/h3-4,9,13H,5-7H2,1-2H3. The van der Waals surface area contributed by atoms with Crippen LogP contribution < -0.4 is 4.74 Å². The summed E-state index contributed by atoms with van der Waals surface area (Å²) < 4.78 is 5.49. The Hall–Kier alpha value is -1.02. The van der Waals surface area contributed by atoms with Crippen molar-refractivity contribution in [2.24, 2.45) is 0 Å². The highest BCUT2D eigenvalue weighted by Gasteiger charge is 2.18. The quantitative estimate of drug-likeness (QED) is 0.775. The lowest BCUT2D eigenvalue weighted by molar-refractivity contribution is 0.195. The topological polar surface area (TPSA) is 29.5 Å². The van der Waals surface area contributed by atoms with Crippen molar-refractivity contribution >= 4 is 0 Å². The fourth-order valence-electron chi connectivity index (χ4n) is 2.04. The molecule has 1 atom stereocenters. The van der Waals surface area contributed by atoms with Crippen molar-refractivity contribution in [1.29, 1.82) is 0 Å². The van der Waals surface area contributed by atoms with Crippen LogP contribution in [-0.2, 0) is 12.8 Å². The number of ether oxygens (including phenoxy) is 1. The summed E-state index contributed by atoms with van der Waals surface area (Å²) in [7, 11) is 0. The Morgan fingerprint density at radius 1 is 1.50 bits per heavy atom. The fourth-order valence-corrected chi connectivity index (χ4v) is 2.04. The van der Waals surface area contributed by atoms with Gasteiger partial charge in [-0.1, -0.05) is 6.07 Å². The molecule has 0 radical (unpaired) electrons. The average molecular weight is 192 g/mol. The third-order valence-corrected chi connectivity index (χ3v) is 2.73. The largest absolute Gasteiger partial charge is 0.493 e. The molecule has 76 valence electrons. The van der Waals surface area contributed by atoms with Gasteiger partial charge in [0.1, 0.15) is 5.75 Å². The number of aliphatic hydroxyl groups is 1. The maximum absolute atomic E-state index is 9.42. The predicted octanol–water partition coefficient (Wildman–Crippen LogP) is 1.85. The number of aryl methyl sites for hydroxylation is 1. The summed E-state index contributed by atoms with van der Waals surface area (Å²) in [6.45, 7) is 4.70. The van der Waals surface area contributed by atoms with Gasteiger partial charge in [0.05, 0.1) is 12.7 Å². The van der Waals surface area contributed by atoms with Crippen LogP contribution in [0.2, 0.25) is 0 Å². The van der Waals surface area contributed by atoms with E-state index in [9.17, 15) is 5.11 Å². The first-order chi connectivity index (χ1) is 6.68. The lowest BCUT2D eigenvalue weighted by Gasteiger charge is -2.12. The molecule has 0 saturated carbocycles. The van der Waals surface area contributed by atoms with E-state index in [0.29, 0.717) is 0 Å². The zero-order valence-corrected chi connectivity index (χ0v) is 8.71. The Labute approximate surface area is 84.5 Å². The zero-order chi connectivity index (χ0) is 10.1. The number of aliphatic hydroxyl groups excluding tert-OH is 1. The number of benzene rings is 1. The molecule has 0 aliphatic carbocycles. The van der Waals surface area contributed by atoms with E-state index in [-0.39, 0.29) is 6.10 Å². The Bertz CT molecular complexity index is 342. The Morgan fingerprint density at radius 2 is 2.29 bits per heavy atom. The molecule has 0 bridgehead atoms. The average Bonchev–Trinajstić information content (AvgIpc) is 2.57. The van der Waals surface area contributed by atoms with Gasteiger partial charge in [-0.25, -0.2) is 0 Å². The summed E-state index contributed by atoms with van der Waals surface area (Å²) in [6.07, 6.45) is 1.44.